The van der Waals surface area contributed by atoms with Gasteiger partial charge in [-0.25, -0.2) is 8.78 Å². The predicted octanol–water partition coefficient (Wildman–Crippen LogP) is 1.39. The molecule has 1 unspecified atom stereocenters. The molecule has 0 heterocycles. The van der Waals surface area contributed by atoms with Crippen molar-refractivity contribution in [1.29, 1.82) is 0 Å². The molecule has 0 bridgehead atoms. The van der Waals surface area contributed by atoms with Crippen LogP contribution in [0.2, 0.25) is 0 Å². The van der Waals surface area contributed by atoms with Crippen molar-refractivity contribution >= 4 is 11.6 Å². The first-order valence-electron chi connectivity index (χ1n) is 5.51. The quantitative estimate of drug-likeness (QED) is 0.802. The molecule has 100 valence electrons. The Hall–Kier alpha value is -1.69. The monoisotopic (exact) mass is 258 g/mol. The van der Waals surface area contributed by atoms with Gasteiger partial charge in [-0.3, -0.25) is 4.79 Å². The fourth-order valence-corrected chi connectivity index (χ4v) is 1.44. The van der Waals surface area contributed by atoms with E-state index < -0.39 is 23.6 Å². The second-order valence-electron chi connectivity index (χ2n) is 4.22. The van der Waals surface area contributed by atoms with Crippen molar-refractivity contribution < 1.29 is 18.7 Å². The minimum Gasteiger partial charge on any atom is -0.398 e. The van der Waals surface area contributed by atoms with Gasteiger partial charge in [0.1, 0.15) is 0 Å². The van der Waals surface area contributed by atoms with Gasteiger partial charge in [-0.1, -0.05) is 0 Å². The van der Waals surface area contributed by atoms with E-state index >= 15 is 0 Å². The summed E-state index contributed by atoms with van der Waals surface area (Å²) in [4.78, 5) is 13.2. The zero-order valence-electron chi connectivity index (χ0n) is 10.3. The van der Waals surface area contributed by atoms with E-state index in [0.717, 1.165) is 12.1 Å². The van der Waals surface area contributed by atoms with Gasteiger partial charge in [0.25, 0.3) is 5.91 Å². The summed E-state index contributed by atoms with van der Waals surface area (Å²) in [6, 6.07) is 1.57. The SMILES string of the molecule is CC(O)CCN(C)C(=O)c1cc(F)c(F)cc1N. The fraction of sp³-hybridized carbons (Fsp3) is 0.417. The molecule has 0 spiro atoms. The molecule has 0 aromatic heterocycles. The number of rotatable bonds is 4. The molecule has 0 aliphatic carbocycles. The van der Waals surface area contributed by atoms with Crippen LogP contribution in [-0.2, 0) is 0 Å². The maximum absolute atomic E-state index is 13.1. The molecule has 1 amide bonds. The summed E-state index contributed by atoms with van der Waals surface area (Å²) >= 11 is 0. The van der Waals surface area contributed by atoms with Crippen molar-refractivity contribution in [3.63, 3.8) is 0 Å². The molecule has 6 heteroatoms. The van der Waals surface area contributed by atoms with Crippen LogP contribution in [0.25, 0.3) is 0 Å². The van der Waals surface area contributed by atoms with Crippen molar-refractivity contribution in [3.05, 3.63) is 29.3 Å². The van der Waals surface area contributed by atoms with E-state index in [9.17, 15) is 13.6 Å². The van der Waals surface area contributed by atoms with Crippen molar-refractivity contribution in [2.24, 2.45) is 0 Å². The third kappa shape index (κ3) is 3.40. The van der Waals surface area contributed by atoms with Gasteiger partial charge in [-0.05, 0) is 19.4 Å². The van der Waals surface area contributed by atoms with Gasteiger partial charge < -0.3 is 15.7 Å². The minimum atomic E-state index is -1.11. The van der Waals surface area contributed by atoms with Crippen LogP contribution in [0, 0.1) is 11.6 Å². The number of nitrogens with two attached hydrogens (primary N) is 1. The number of hydrogen-bond donors (Lipinski definition) is 2. The lowest BCUT2D eigenvalue weighted by atomic mass is 10.1. The third-order valence-corrected chi connectivity index (χ3v) is 2.55. The summed E-state index contributed by atoms with van der Waals surface area (Å²) in [5.74, 6) is -2.71. The standard InChI is InChI=1S/C12H16F2N2O2/c1-7(17)3-4-16(2)12(18)8-5-9(13)10(14)6-11(8)15/h5-7,17H,3-4,15H2,1-2H3. The number of anilines is 1. The van der Waals surface area contributed by atoms with E-state index in [1.54, 1.807) is 6.92 Å². The molecule has 0 aliphatic heterocycles. The van der Waals surface area contributed by atoms with Gasteiger partial charge >= 0.3 is 0 Å². The molecule has 0 aliphatic rings. The number of carbonyl (C=O) groups is 1. The van der Waals surface area contributed by atoms with Gasteiger partial charge in [0.2, 0.25) is 0 Å². The zero-order valence-corrected chi connectivity index (χ0v) is 10.3. The lowest BCUT2D eigenvalue weighted by molar-refractivity contribution is 0.0769. The normalized spacial score (nSPS) is 12.3. The molecule has 0 radical (unpaired) electrons. The highest BCUT2D eigenvalue weighted by Gasteiger charge is 2.18. The molecule has 0 fully saturated rings. The Bertz CT molecular complexity index is 450. The van der Waals surface area contributed by atoms with Gasteiger partial charge in [0, 0.05) is 25.3 Å². The number of hydrogen-bond acceptors (Lipinski definition) is 3. The van der Waals surface area contributed by atoms with Gasteiger partial charge in [0.05, 0.1) is 11.7 Å². The first-order chi connectivity index (χ1) is 8.32. The second-order valence-corrected chi connectivity index (χ2v) is 4.22. The molecular weight excluding hydrogens is 242 g/mol. The summed E-state index contributed by atoms with van der Waals surface area (Å²) < 4.78 is 25.9. The Morgan fingerprint density at radius 2 is 2.00 bits per heavy atom. The lowest BCUT2D eigenvalue weighted by Crippen LogP contribution is -2.30. The van der Waals surface area contributed by atoms with Crippen LogP contribution in [0.15, 0.2) is 12.1 Å². The second kappa shape index (κ2) is 5.77. The molecule has 1 aromatic rings. The van der Waals surface area contributed by atoms with Gasteiger partial charge in [-0.15, -0.1) is 0 Å². The van der Waals surface area contributed by atoms with Crippen LogP contribution in [0.3, 0.4) is 0 Å². The van der Waals surface area contributed by atoms with E-state index in [-0.39, 0.29) is 11.3 Å². The number of carbonyl (C=O) groups excluding carboxylic acids is 1. The number of nitrogen functional groups attached to an aromatic ring is 1. The van der Waals surface area contributed by atoms with Crippen molar-refractivity contribution in [1.82, 2.24) is 4.90 Å². The maximum Gasteiger partial charge on any atom is 0.255 e. The van der Waals surface area contributed by atoms with Crippen LogP contribution in [-0.4, -0.2) is 35.6 Å². The Morgan fingerprint density at radius 1 is 1.44 bits per heavy atom. The van der Waals surface area contributed by atoms with Crippen LogP contribution in [0.4, 0.5) is 14.5 Å². The average Bonchev–Trinajstić information content (AvgIpc) is 2.29. The molecule has 1 aromatic carbocycles. The molecule has 0 saturated carbocycles. The highest BCUT2D eigenvalue weighted by atomic mass is 19.2. The largest absolute Gasteiger partial charge is 0.398 e. The third-order valence-electron chi connectivity index (χ3n) is 2.55. The van der Waals surface area contributed by atoms with E-state index in [4.69, 9.17) is 10.8 Å². The number of nitrogens with zero attached hydrogens (tertiary/aromatic N) is 1. The number of aliphatic hydroxyl groups excluding tert-OH is 1. The first kappa shape index (κ1) is 14.4. The summed E-state index contributed by atoms with van der Waals surface area (Å²) in [5.41, 5.74) is 5.29. The molecule has 3 N–H and O–H groups in total. The Balaban J connectivity index is 2.87. The molecule has 18 heavy (non-hydrogen) atoms. The van der Waals surface area contributed by atoms with Crippen LogP contribution in [0.5, 0.6) is 0 Å². The Kier molecular flexibility index (Phi) is 4.61. The molecule has 4 nitrogen and oxygen atoms in total. The number of aliphatic hydroxyl groups is 1. The number of benzene rings is 1. The fourth-order valence-electron chi connectivity index (χ4n) is 1.44. The number of halogens is 2. The van der Waals surface area contributed by atoms with E-state index in [0.29, 0.717) is 13.0 Å². The highest BCUT2D eigenvalue weighted by molar-refractivity contribution is 5.99. The van der Waals surface area contributed by atoms with Crippen molar-refractivity contribution in [3.8, 4) is 0 Å². The lowest BCUT2D eigenvalue weighted by Gasteiger charge is -2.19. The van der Waals surface area contributed by atoms with Crippen molar-refractivity contribution in [2.75, 3.05) is 19.3 Å². The van der Waals surface area contributed by atoms with Crippen LogP contribution in [0.1, 0.15) is 23.7 Å². The average molecular weight is 258 g/mol. The molecule has 0 saturated heterocycles. The summed E-state index contributed by atoms with van der Waals surface area (Å²) in [6.45, 7) is 1.90. The van der Waals surface area contributed by atoms with E-state index in [2.05, 4.69) is 0 Å². The summed E-state index contributed by atoms with van der Waals surface area (Å²) in [5, 5.41) is 9.12. The summed E-state index contributed by atoms with van der Waals surface area (Å²) in [7, 11) is 1.51. The van der Waals surface area contributed by atoms with Crippen molar-refractivity contribution in [2.45, 2.75) is 19.4 Å². The van der Waals surface area contributed by atoms with Crippen LogP contribution < -0.4 is 5.73 Å². The smallest absolute Gasteiger partial charge is 0.255 e. The predicted molar refractivity (Wildman–Crippen MR) is 64.0 cm³/mol. The first-order valence-corrected chi connectivity index (χ1v) is 5.51. The minimum absolute atomic E-state index is 0.0815. The molecule has 1 atom stereocenters. The van der Waals surface area contributed by atoms with E-state index in [1.807, 2.05) is 0 Å². The van der Waals surface area contributed by atoms with Gasteiger partial charge in [-0.2, -0.15) is 0 Å². The van der Waals surface area contributed by atoms with Crippen LogP contribution >= 0.6 is 0 Å². The number of amides is 1. The topological polar surface area (TPSA) is 66.6 Å². The van der Waals surface area contributed by atoms with E-state index in [1.165, 1.54) is 11.9 Å². The highest BCUT2D eigenvalue weighted by Crippen LogP contribution is 2.18. The summed E-state index contributed by atoms with van der Waals surface area (Å²) in [6.07, 6.45) is -0.145. The molecular formula is C12H16F2N2O2. The van der Waals surface area contributed by atoms with Gasteiger partial charge in [0.15, 0.2) is 11.6 Å². The molecule has 1 rings (SSSR count). The zero-order chi connectivity index (χ0) is 13.9. The Morgan fingerprint density at radius 3 is 2.56 bits per heavy atom. The Labute approximate surface area is 104 Å². The maximum atomic E-state index is 13.1.